The summed E-state index contributed by atoms with van der Waals surface area (Å²) in [5.41, 5.74) is 3.76. The van der Waals surface area contributed by atoms with Crippen molar-refractivity contribution in [3.63, 3.8) is 0 Å². The molecule has 7 heteroatoms. The van der Waals surface area contributed by atoms with Crippen molar-refractivity contribution in [2.75, 3.05) is 26.3 Å². The van der Waals surface area contributed by atoms with Crippen LogP contribution < -0.4 is 14.2 Å². The molecule has 6 nitrogen and oxygen atoms in total. The Morgan fingerprint density at radius 2 is 0.956 bits per heavy atom. The molecule has 2 aromatic rings. The lowest BCUT2D eigenvalue weighted by molar-refractivity contribution is -0.00643. The van der Waals surface area contributed by atoms with E-state index in [1.54, 1.807) is 33.5 Å². The Balaban J connectivity index is 0.000000151. The maximum Gasteiger partial charge on any atom is 0.164 e. The second-order valence-corrected chi connectivity index (χ2v) is 15.1. The van der Waals surface area contributed by atoms with E-state index in [9.17, 15) is 14.7 Å². The highest BCUT2D eigenvalue weighted by Crippen LogP contribution is 2.64. The number of aldehydes is 2. The van der Waals surface area contributed by atoms with E-state index >= 15 is 0 Å². The van der Waals surface area contributed by atoms with E-state index in [1.165, 1.54) is 82.6 Å². The van der Waals surface area contributed by atoms with Crippen LogP contribution in [0.5, 0.6) is 23.0 Å². The average molecular weight is 729 g/mol. The third-order valence-electron chi connectivity index (χ3n) is 12.3. The summed E-state index contributed by atoms with van der Waals surface area (Å²) in [5.74, 6) is 7.23. The van der Waals surface area contributed by atoms with E-state index in [0.29, 0.717) is 22.6 Å². The van der Waals surface area contributed by atoms with Crippen LogP contribution in [0.2, 0.25) is 0 Å². The van der Waals surface area contributed by atoms with Crippen LogP contribution in [0.15, 0.2) is 24.3 Å². The molecule has 0 amide bonds. The topological polar surface area (TPSA) is 82.1 Å². The fourth-order valence-corrected chi connectivity index (χ4v) is 11.6. The van der Waals surface area contributed by atoms with Crippen LogP contribution in [0.1, 0.15) is 109 Å². The zero-order valence-corrected chi connectivity index (χ0v) is 29.4. The molecule has 0 unspecified atom stereocenters. The Labute approximate surface area is 282 Å². The molecule has 0 atom stereocenters. The summed E-state index contributed by atoms with van der Waals surface area (Å²) in [7, 11) is 4.91. The van der Waals surface area contributed by atoms with Crippen LogP contribution in [-0.4, -0.2) is 43.9 Å². The van der Waals surface area contributed by atoms with E-state index < -0.39 is 0 Å². The second kappa shape index (κ2) is 13.1. The highest BCUT2D eigenvalue weighted by molar-refractivity contribution is 14.1. The minimum absolute atomic E-state index is 0.0745. The number of aromatic hydroxyl groups is 1. The summed E-state index contributed by atoms with van der Waals surface area (Å²) in [6, 6.07) is 7.38. The lowest BCUT2D eigenvalue weighted by Gasteiger charge is -2.57. The first-order valence-electron chi connectivity index (χ1n) is 16.8. The minimum Gasteiger partial charge on any atom is -0.504 e. The molecule has 8 aliphatic carbocycles. The molecule has 1 N–H and O–H groups in total. The highest BCUT2D eigenvalue weighted by atomic mass is 127. The Morgan fingerprint density at radius 3 is 1.31 bits per heavy atom. The van der Waals surface area contributed by atoms with Crippen LogP contribution in [0, 0.1) is 35.5 Å². The smallest absolute Gasteiger partial charge is 0.164 e. The first-order chi connectivity index (χ1) is 21.8. The Morgan fingerprint density at radius 1 is 0.600 bits per heavy atom. The highest BCUT2D eigenvalue weighted by Gasteiger charge is 2.54. The second-order valence-electron chi connectivity index (χ2n) is 15.1. The number of alkyl halides is 1. The molecule has 8 saturated carbocycles. The first kappa shape index (κ1) is 32.6. The van der Waals surface area contributed by atoms with Crippen molar-refractivity contribution in [3.8, 4) is 23.0 Å². The fourth-order valence-electron chi connectivity index (χ4n) is 11.6. The first-order valence-corrected chi connectivity index (χ1v) is 18.9. The lowest BCUT2D eigenvalue weighted by Crippen LogP contribution is -2.48. The Bertz CT molecular complexity index is 1340. The van der Waals surface area contributed by atoms with E-state index in [2.05, 4.69) is 28.7 Å². The molecule has 244 valence electrons. The zero-order chi connectivity index (χ0) is 31.9. The van der Waals surface area contributed by atoms with Gasteiger partial charge in [0.1, 0.15) is 12.6 Å². The third kappa shape index (κ3) is 5.89. The Kier molecular flexibility index (Phi) is 9.48. The van der Waals surface area contributed by atoms with Gasteiger partial charge in [0.05, 0.1) is 21.3 Å². The Hall–Kier alpha value is -2.29. The van der Waals surface area contributed by atoms with E-state index in [4.69, 9.17) is 14.2 Å². The van der Waals surface area contributed by atoms with Gasteiger partial charge in [0, 0.05) is 22.3 Å². The quantitative estimate of drug-likeness (QED) is 0.175. The van der Waals surface area contributed by atoms with E-state index in [0.717, 1.165) is 59.4 Å². The third-order valence-corrected chi connectivity index (χ3v) is 12.3. The van der Waals surface area contributed by atoms with Crippen molar-refractivity contribution in [1.82, 2.24) is 0 Å². The average Bonchev–Trinajstić information content (AvgIpc) is 3.04. The molecule has 2 aromatic carbocycles. The lowest BCUT2D eigenvalue weighted by atomic mass is 9.48. The molecule has 0 heterocycles. The summed E-state index contributed by atoms with van der Waals surface area (Å²) in [4.78, 5) is 24.6. The molecule has 10 rings (SSSR count). The zero-order valence-electron chi connectivity index (χ0n) is 27.3. The number of rotatable bonds is 7. The predicted octanol–water partition coefficient (Wildman–Crippen LogP) is 8.72. The summed E-state index contributed by atoms with van der Waals surface area (Å²) in [6.45, 7) is 0. The fraction of sp³-hybridized carbons (Fsp3) is 0.632. The van der Waals surface area contributed by atoms with Crippen molar-refractivity contribution in [1.29, 1.82) is 0 Å². The number of methoxy groups -OCH3 is 3. The van der Waals surface area contributed by atoms with E-state index in [1.807, 2.05) is 11.0 Å². The van der Waals surface area contributed by atoms with Crippen molar-refractivity contribution < 1.29 is 28.9 Å². The van der Waals surface area contributed by atoms with Gasteiger partial charge >= 0.3 is 0 Å². The maximum atomic E-state index is 11.4. The number of ether oxygens (including phenoxy) is 3. The number of phenols is 1. The standard InChI is InChI=1S/C19H24O3.C18H22O3.CH3I/c1-21-17-7-15(11-20)6-16(18(17)22-2)19-8-12-3-13(9-19)5-14(4-12)10-19;1-21-16-6-14(10-19)5-15(17(16)20)18-7-11-2-12(8-18)4-13(3-11)9-18;1-2/h6-7,11-14H,3-5,8-10H2,1-2H3;5-6,10-13,20H,2-4,7-9H2,1H3;1H3. The molecule has 8 fully saturated rings. The molecule has 0 aliphatic heterocycles. The maximum absolute atomic E-state index is 11.4. The van der Waals surface area contributed by atoms with Gasteiger partial charge in [-0.3, -0.25) is 9.59 Å². The molecule has 0 saturated heterocycles. The van der Waals surface area contributed by atoms with Crippen LogP contribution in [-0.2, 0) is 10.8 Å². The molecule has 0 radical (unpaired) electrons. The largest absolute Gasteiger partial charge is 0.504 e. The normalized spacial score (nSPS) is 34.6. The number of hydrogen-bond acceptors (Lipinski definition) is 6. The number of halogens is 1. The van der Waals surface area contributed by atoms with Crippen molar-refractivity contribution >= 4 is 35.2 Å². The molecule has 45 heavy (non-hydrogen) atoms. The van der Waals surface area contributed by atoms with Gasteiger partial charge in [-0.1, -0.05) is 22.6 Å². The predicted molar refractivity (Wildman–Crippen MR) is 185 cm³/mol. The number of phenolic OH excluding ortho intramolecular Hbond substituents is 1. The molecule has 0 spiro atoms. The molecule has 0 aromatic heterocycles. The summed E-state index contributed by atoms with van der Waals surface area (Å²) < 4.78 is 16.5. The minimum atomic E-state index is 0.0745. The van der Waals surface area contributed by atoms with Crippen molar-refractivity contribution in [3.05, 3.63) is 46.5 Å². The summed E-state index contributed by atoms with van der Waals surface area (Å²) in [6.07, 6.45) is 17.3. The van der Waals surface area contributed by atoms with Crippen LogP contribution in [0.25, 0.3) is 0 Å². The van der Waals surface area contributed by atoms with Gasteiger partial charge in [0.25, 0.3) is 0 Å². The van der Waals surface area contributed by atoms with Gasteiger partial charge < -0.3 is 19.3 Å². The molecule has 8 bridgehead atoms. The van der Waals surface area contributed by atoms with Gasteiger partial charge in [-0.2, -0.15) is 0 Å². The van der Waals surface area contributed by atoms with Crippen molar-refractivity contribution in [2.45, 2.75) is 87.9 Å². The molecular formula is C38H49IO6. The van der Waals surface area contributed by atoms with Gasteiger partial charge in [-0.25, -0.2) is 0 Å². The number of carbonyl (C=O) groups excluding carboxylic acids is 2. The number of carbonyl (C=O) groups is 2. The summed E-state index contributed by atoms with van der Waals surface area (Å²) in [5, 5.41) is 10.6. The van der Waals surface area contributed by atoms with Gasteiger partial charge in [-0.05, 0) is 153 Å². The SMILES string of the molecule is CI.COc1cc(C=O)cc(C23CC4CC(CC(C4)C2)C3)c1O.COc1cc(C=O)cc(C23CC4CC(CC(C4)C2)C3)c1OC. The molecular weight excluding hydrogens is 679 g/mol. The number of benzene rings is 2. The molecule has 8 aliphatic rings. The summed E-state index contributed by atoms with van der Waals surface area (Å²) >= 11 is 2.15. The van der Waals surface area contributed by atoms with E-state index in [-0.39, 0.29) is 16.6 Å². The van der Waals surface area contributed by atoms with Crippen molar-refractivity contribution in [2.24, 2.45) is 35.5 Å². The monoisotopic (exact) mass is 728 g/mol. The van der Waals surface area contributed by atoms with Crippen LogP contribution >= 0.6 is 22.6 Å². The van der Waals surface area contributed by atoms with Gasteiger partial charge in [0.15, 0.2) is 23.0 Å². The van der Waals surface area contributed by atoms with Gasteiger partial charge in [-0.15, -0.1) is 0 Å². The van der Waals surface area contributed by atoms with Gasteiger partial charge in [0.2, 0.25) is 0 Å². The van der Waals surface area contributed by atoms with Crippen LogP contribution in [0.4, 0.5) is 0 Å². The van der Waals surface area contributed by atoms with Crippen LogP contribution in [0.3, 0.4) is 0 Å². The number of hydrogen-bond donors (Lipinski definition) is 1.